The van der Waals surface area contributed by atoms with Gasteiger partial charge in [-0.25, -0.2) is 9.37 Å². The number of hydrogen-bond donors (Lipinski definition) is 1. The highest BCUT2D eigenvalue weighted by molar-refractivity contribution is 9.10. The summed E-state index contributed by atoms with van der Waals surface area (Å²) < 4.78 is 24.5. The number of benzene rings is 2. The first kappa shape index (κ1) is 11.7. The van der Waals surface area contributed by atoms with Crippen LogP contribution in [0.15, 0.2) is 34.8 Å². The van der Waals surface area contributed by atoms with Crippen molar-refractivity contribution in [2.24, 2.45) is 0 Å². The minimum atomic E-state index is -0.321. The van der Waals surface area contributed by atoms with E-state index in [9.17, 15) is 4.39 Å². The van der Waals surface area contributed by atoms with Gasteiger partial charge in [-0.15, -0.1) is 0 Å². The number of H-pyrrole nitrogens is 1. The molecule has 100 valence electrons. The number of nitrogens with zero attached hydrogens (tertiary/aromatic N) is 1. The van der Waals surface area contributed by atoms with E-state index < -0.39 is 0 Å². The molecule has 0 amide bonds. The van der Waals surface area contributed by atoms with Gasteiger partial charge in [0.2, 0.25) is 6.79 Å². The maximum atomic E-state index is 13.5. The van der Waals surface area contributed by atoms with Gasteiger partial charge in [-0.05, 0) is 40.2 Å². The molecule has 6 heteroatoms. The van der Waals surface area contributed by atoms with E-state index in [2.05, 4.69) is 25.9 Å². The smallest absolute Gasteiger partial charge is 0.231 e. The molecular weight excluding hydrogens is 327 g/mol. The van der Waals surface area contributed by atoms with E-state index in [1.807, 2.05) is 18.2 Å². The molecule has 0 radical (unpaired) electrons. The molecular formula is C14H8BrFN2O2. The second-order valence-electron chi connectivity index (χ2n) is 4.44. The molecule has 0 saturated heterocycles. The fourth-order valence-corrected chi connectivity index (χ4v) is 2.52. The summed E-state index contributed by atoms with van der Waals surface area (Å²) in [4.78, 5) is 7.56. The molecule has 1 aliphatic heterocycles. The summed E-state index contributed by atoms with van der Waals surface area (Å²) in [7, 11) is 0. The first-order chi connectivity index (χ1) is 9.70. The predicted molar refractivity (Wildman–Crippen MR) is 75.3 cm³/mol. The first-order valence-electron chi connectivity index (χ1n) is 5.95. The Labute approximate surface area is 121 Å². The minimum Gasteiger partial charge on any atom is -0.454 e. The highest BCUT2D eigenvalue weighted by Crippen LogP contribution is 2.35. The summed E-state index contributed by atoms with van der Waals surface area (Å²) in [5.41, 5.74) is 2.21. The summed E-state index contributed by atoms with van der Waals surface area (Å²) in [6, 6.07) is 8.64. The number of fused-ring (bicyclic) bond motifs is 2. The molecule has 0 unspecified atom stereocenters. The number of halogens is 2. The van der Waals surface area contributed by atoms with Crippen molar-refractivity contribution in [3.8, 4) is 22.9 Å². The fourth-order valence-electron chi connectivity index (χ4n) is 2.19. The van der Waals surface area contributed by atoms with Crippen molar-refractivity contribution in [1.29, 1.82) is 0 Å². The Morgan fingerprint density at radius 2 is 2.00 bits per heavy atom. The number of aromatic nitrogens is 2. The van der Waals surface area contributed by atoms with Crippen LogP contribution in [-0.2, 0) is 0 Å². The average molecular weight is 335 g/mol. The minimum absolute atomic E-state index is 0.233. The normalized spacial score (nSPS) is 13.1. The molecule has 0 fully saturated rings. The number of imidazole rings is 1. The quantitative estimate of drug-likeness (QED) is 0.735. The Kier molecular flexibility index (Phi) is 2.47. The van der Waals surface area contributed by atoms with E-state index in [-0.39, 0.29) is 12.6 Å². The molecule has 0 saturated carbocycles. The third-order valence-electron chi connectivity index (χ3n) is 3.17. The van der Waals surface area contributed by atoms with E-state index in [0.717, 1.165) is 11.3 Å². The van der Waals surface area contributed by atoms with E-state index in [1.54, 1.807) is 6.07 Å². The third kappa shape index (κ3) is 1.76. The number of rotatable bonds is 1. The zero-order chi connectivity index (χ0) is 13.7. The zero-order valence-corrected chi connectivity index (χ0v) is 11.7. The monoisotopic (exact) mass is 334 g/mol. The molecule has 0 atom stereocenters. The second kappa shape index (κ2) is 4.21. The molecule has 1 N–H and O–H groups in total. The zero-order valence-electron chi connectivity index (χ0n) is 10.1. The van der Waals surface area contributed by atoms with E-state index in [4.69, 9.17) is 9.47 Å². The summed E-state index contributed by atoms with van der Waals surface area (Å²) in [6.07, 6.45) is 0. The molecule has 0 spiro atoms. The highest BCUT2D eigenvalue weighted by atomic mass is 79.9. The number of ether oxygens (including phenoxy) is 2. The maximum absolute atomic E-state index is 13.5. The average Bonchev–Trinajstić information content (AvgIpc) is 3.04. The van der Waals surface area contributed by atoms with Crippen LogP contribution in [-0.4, -0.2) is 16.8 Å². The van der Waals surface area contributed by atoms with E-state index in [1.165, 1.54) is 6.07 Å². The SMILES string of the molecule is Fc1cc2[nH]c(-c3ccc4c(c3)OCO4)nc2cc1Br. The molecule has 1 aromatic heterocycles. The van der Waals surface area contributed by atoms with Crippen molar-refractivity contribution >= 4 is 27.0 Å². The van der Waals surface area contributed by atoms with Crippen molar-refractivity contribution in [2.75, 3.05) is 6.79 Å². The Hall–Kier alpha value is -2.08. The van der Waals surface area contributed by atoms with Gasteiger partial charge in [-0.1, -0.05) is 0 Å². The maximum Gasteiger partial charge on any atom is 0.231 e. The first-order valence-corrected chi connectivity index (χ1v) is 6.75. The van der Waals surface area contributed by atoms with Crippen LogP contribution < -0.4 is 9.47 Å². The molecule has 3 aromatic rings. The molecule has 0 bridgehead atoms. The van der Waals surface area contributed by atoms with Gasteiger partial charge in [0, 0.05) is 11.6 Å². The van der Waals surface area contributed by atoms with Crippen LogP contribution in [0.3, 0.4) is 0 Å². The molecule has 4 nitrogen and oxygen atoms in total. The highest BCUT2D eigenvalue weighted by Gasteiger charge is 2.15. The van der Waals surface area contributed by atoms with Gasteiger partial charge < -0.3 is 14.5 Å². The molecule has 2 heterocycles. The standard InChI is InChI=1S/C14H8BrFN2O2/c15-8-4-10-11(5-9(8)16)18-14(17-10)7-1-2-12-13(3-7)20-6-19-12/h1-5H,6H2,(H,17,18). The molecule has 0 aliphatic carbocycles. The van der Waals surface area contributed by atoms with Crippen molar-refractivity contribution in [2.45, 2.75) is 0 Å². The van der Waals surface area contributed by atoms with Gasteiger partial charge in [-0.3, -0.25) is 0 Å². The summed E-state index contributed by atoms with van der Waals surface area (Å²) in [5.74, 6) is 1.75. The van der Waals surface area contributed by atoms with Crippen LogP contribution in [0.4, 0.5) is 4.39 Å². The summed E-state index contributed by atoms with van der Waals surface area (Å²) in [6.45, 7) is 0.233. The van der Waals surface area contributed by atoms with Gasteiger partial charge in [-0.2, -0.15) is 0 Å². The topological polar surface area (TPSA) is 47.1 Å². The molecule has 4 rings (SSSR count). The van der Waals surface area contributed by atoms with Gasteiger partial charge in [0.15, 0.2) is 11.5 Å². The van der Waals surface area contributed by atoms with Crippen LogP contribution in [0.5, 0.6) is 11.5 Å². The lowest BCUT2D eigenvalue weighted by molar-refractivity contribution is 0.174. The second-order valence-corrected chi connectivity index (χ2v) is 5.29. The fraction of sp³-hybridized carbons (Fsp3) is 0.0714. The Balaban J connectivity index is 1.86. The largest absolute Gasteiger partial charge is 0.454 e. The van der Waals surface area contributed by atoms with Gasteiger partial charge in [0.25, 0.3) is 0 Å². The Bertz CT molecular complexity index is 792. The van der Waals surface area contributed by atoms with Crippen LogP contribution in [0.2, 0.25) is 0 Å². The van der Waals surface area contributed by atoms with Gasteiger partial charge in [0.1, 0.15) is 11.6 Å². The molecule has 1 aliphatic rings. The van der Waals surface area contributed by atoms with Crippen LogP contribution in [0.25, 0.3) is 22.4 Å². The van der Waals surface area contributed by atoms with Crippen LogP contribution in [0.1, 0.15) is 0 Å². The summed E-state index contributed by atoms with van der Waals surface area (Å²) >= 11 is 3.16. The lowest BCUT2D eigenvalue weighted by Gasteiger charge is -1.99. The van der Waals surface area contributed by atoms with E-state index >= 15 is 0 Å². The van der Waals surface area contributed by atoms with Crippen molar-refractivity contribution in [3.63, 3.8) is 0 Å². The summed E-state index contributed by atoms with van der Waals surface area (Å²) in [5, 5.41) is 0. The lowest BCUT2D eigenvalue weighted by atomic mass is 10.2. The lowest BCUT2D eigenvalue weighted by Crippen LogP contribution is -1.92. The van der Waals surface area contributed by atoms with E-state index in [0.29, 0.717) is 27.1 Å². The van der Waals surface area contributed by atoms with Crippen LogP contribution >= 0.6 is 15.9 Å². The number of nitrogens with one attached hydrogen (secondary N) is 1. The van der Waals surface area contributed by atoms with Crippen LogP contribution in [0, 0.1) is 5.82 Å². The number of aromatic amines is 1. The third-order valence-corrected chi connectivity index (χ3v) is 3.78. The molecule has 20 heavy (non-hydrogen) atoms. The Morgan fingerprint density at radius 1 is 1.15 bits per heavy atom. The van der Waals surface area contributed by atoms with Gasteiger partial charge in [0.05, 0.1) is 15.5 Å². The van der Waals surface area contributed by atoms with Crippen molar-refractivity contribution in [3.05, 3.63) is 40.6 Å². The number of hydrogen-bond acceptors (Lipinski definition) is 3. The van der Waals surface area contributed by atoms with Gasteiger partial charge >= 0.3 is 0 Å². The van der Waals surface area contributed by atoms with Crippen molar-refractivity contribution in [1.82, 2.24) is 9.97 Å². The predicted octanol–water partition coefficient (Wildman–Crippen LogP) is 3.86. The Morgan fingerprint density at radius 3 is 2.90 bits per heavy atom. The van der Waals surface area contributed by atoms with Crippen molar-refractivity contribution < 1.29 is 13.9 Å². The molecule has 2 aromatic carbocycles.